The number of rotatable bonds is 5. The molecule has 29 heavy (non-hydrogen) atoms. The monoisotopic (exact) mass is 404 g/mol. The van der Waals surface area contributed by atoms with E-state index in [1.54, 1.807) is 19.2 Å². The van der Waals surface area contributed by atoms with Gasteiger partial charge >= 0.3 is 5.97 Å². The van der Waals surface area contributed by atoms with Gasteiger partial charge in [0.15, 0.2) is 5.13 Å². The molecule has 0 fully saturated rings. The number of carbonyl (C=O) groups excluding carboxylic acids is 1. The first-order valence-corrected chi connectivity index (χ1v) is 9.61. The number of nitrogens with zero attached hydrogens (tertiary/aromatic N) is 1. The van der Waals surface area contributed by atoms with Gasteiger partial charge in [0.25, 0.3) is 5.91 Å². The standard InChI is InChI=1S/C22H16N2O4S/c1-28-19-11-14-7-3-2-6-13(14)10-17(19)18-12-29-22(23-18)24-20(25)15-8-4-5-9-16(15)21(26)27/h2-12H,1H3,(H,26,27)(H,23,24,25). The molecule has 0 unspecified atom stereocenters. The number of hydrogen-bond acceptors (Lipinski definition) is 5. The second-order valence-corrected chi connectivity index (χ2v) is 7.10. The van der Waals surface area contributed by atoms with Crippen molar-refractivity contribution in [3.8, 4) is 17.0 Å². The Morgan fingerprint density at radius 1 is 1.00 bits per heavy atom. The number of amides is 1. The summed E-state index contributed by atoms with van der Waals surface area (Å²) >= 11 is 1.26. The first-order valence-electron chi connectivity index (χ1n) is 8.73. The molecule has 0 aliphatic heterocycles. The lowest BCUT2D eigenvalue weighted by Gasteiger charge is -2.09. The van der Waals surface area contributed by atoms with Gasteiger partial charge in [-0.05, 0) is 35.0 Å². The van der Waals surface area contributed by atoms with Crippen LogP contribution in [-0.2, 0) is 0 Å². The molecular formula is C22H16N2O4S. The number of aromatic carboxylic acids is 1. The molecule has 0 aliphatic carbocycles. The summed E-state index contributed by atoms with van der Waals surface area (Å²) in [6.45, 7) is 0. The minimum absolute atomic E-state index is 0.0574. The fourth-order valence-electron chi connectivity index (χ4n) is 3.08. The van der Waals surface area contributed by atoms with Crippen LogP contribution in [0.15, 0.2) is 66.0 Å². The Bertz CT molecular complexity index is 1230. The summed E-state index contributed by atoms with van der Waals surface area (Å²) in [6.07, 6.45) is 0. The average molecular weight is 404 g/mol. The fourth-order valence-corrected chi connectivity index (χ4v) is 3.78. The van der Waals surface area contributed by atoms with Crippen LogP contribution in [0.1, 0.15) is 20.7 Å². The molecule has 1 aromatic heterocycles. The van der Waals surface area contributed by atoms with Crippen LogP contribution in [0.4, 0.5) is 5.13 Å². The number of carboxylic acids is 1. The second kappa shape index (κ2) is 7.73. The smallest absolute Gasteiger partial charge is 0.336 e. The van der Waals surface area contributed by atoms with E-state index in [4.69, 9.17) is 4.74 Å². The molecule has 0 saturated heterocycles. The molecule has 0 aliphatic rings. The number of nitrogens with one attached hydrogen (secondary N) is 1. The van der Waals surface area contributed by atoms with Gasteiger partial charge in [0.1, 0.15) is 5.75 Å². The Balaban J connectivity index is 1.65. The Hall–Kier alpha value is -3.71. The van der Waals surface area contributed by atoms with Crippen molar-refractivity contribution in [2.45, 2.75) is 0 Å². The topological polar surface area (TPSA) is 88.5 Å². The van der Waals surface area contributed by atoms with Crippen LogP contribution in [0.25, 0.3) is 22.0 Å². The molecule has 4 aromatic rings. The molecule has 1 heterocycles. The molecule has 0 saturated carbocycles. The summed E-state index contributed by atoms with van der Waals surface area (Å²) in [5.41, 5.74) is 1.51. The number of thiazole rings is 1. The van der Waals surface area contributed by atoms with Gasteiger partial charge in [0, 0.05) is 10.9 Å². The molecule has 4 rings (SSSR count). The molecule has 144 valence electrons. The number of aromatic nitrogens is 1. The van der Waals surface area contributed by atoms with E-state index < -0.39 is 11.9 Å². The molecule has 2 N–H and O–H groups in total. The lowest BCUT2D eigenvalue weighted by atomic mass is 10.0. The van der Waals surface area contributed by atoms with E-state index >= 15 is 0 Å². The molecule has 0 spiro atoms. The molecule has 1 amide bonds. The Kier molecular flexibility index (Phi) is 4.97. The number of carboxylic acid groups (broad SMARTS) is 1. The maximum Gasteiger partial charge on any atom is 0.336 e. The predicted molar refractivity (Wildman–Crippen MR) is 113 cm³/mol. The lowest BCUT2D eigenvalue weighted by Crippen LogP contribution is -2.16. The maximum absolute atomic E-state index is 12.6. The molecule has 0 radical (unpaired) electrons. The van der Waals surface area contributed by atoms with Gasteiger partial charge in [-0.15, -0.1) is 11.3 Å². The van der Waals surface area contributed by atoms with E-state index in [1.165, 1.54) is 23.5 Å². The van der Waals surface area contributed by atoms with Crippen molar-refractivity contribution in [2.24, 2.45) is 0 Å². The first kappa shape index (κ1) is 18.6. The molecule has 0 bridgehead atoms. The van der Waals surface area contributed by atoms with Crippen LogP contribution < -0.4 is 10.1 Å². The van der Waals surface area contributed by atoms with E-state index in [2.05, 4.69) is 10.3 Å². The highest BCUT2D eigenvalue weighted by Crippen LogP contribution is 2.35. The zero-order valence-corrected chi connectivity index (χ0v) is 16.2. The van der Waals surface area contributed by atoms with Gasteiger partial charge in [-0.2, -0.15) is 0 Å². The lowest BCUT2D eigenvalue weighted by molar-refractivity contribution is 0.0692. The van der Waals surface area contributed by atoms with E-state index in [1.807, 2.05) is 41.8 Å². The van der Waals surface area contributed by atoms with Crippen molar-refractivity contribution in [3.63, 3.8) is 0 Å². The maximum atomic E-state index is 12.6. The quantitative estimate of drug-likeness (QED) is 0.493. The highest BCUT2D eigenvalue weighted by molar-refractivity contribution is 7.14. The number of benzene rings is 3. The van der Waals surface area contributed by atoms with Gasteiger partial charge in [-0.3, -0.25) is 10.1 Å². The predicted octanol–water partition coefficient (Wildman–Crippen LogP) is 4.92. The Morgan fingerprint density at radius 2 is 1.66 bits per heavy atom. The fraction of sp³-hybridized carbons (Fsp3) is 0.0455. The largest absolute Gasteiger partial charge is 0.496 e. The minimum atomic E-state index is -1.16. The summed E-state index contributed by atoms with van der Waals surface area (Å²) in [7, 11) is 1.60. The number of carbonyl (C=O) groups is 2. The summed E-state index contributed by atoms with van der Waals surface area (Å²) in [5.74, 6) is -0.992. The van der Waals surface area contributed by atoms with E-state index in [-0.39, 0.29) is 11.1 Å². The SMILES string of the molecule is COc1cc2ccccc2cc1-c1csc(NC(=O)c2ccccc2C(=O)O)n1. The van der Waals surface area contributed by atoms with Crippen LogP contribution in [0.5, 0.6) is 5.75 Å². The summed E-state index contributed by atoms with van der Waals surface area (Å²) in [4.78, 5) is 28.4. The van der Waals surface area contributed by atoms with Crippen molar-refractivity contribution in [2.75, 3.05) is 12.4 Å². The van der Waals surface area contributed by atoms with Crippen molar-refractivity contribution in [3.05, 3.63) is 77.2 Å². The third-order valence-electron chi connectivity index (χ3n) is 4.47. The number of anilines is 1. The summed E-state index contributed by atoms with van der Waals surface area (Å²) in [6, 6.07) is 18.0. The van der Waals surface area contributed by atoms with Crippen molar-refractivity contribution < 1.29 is 19.4 Å². The van der Waals surface area contributed by atoms with Gasteiger partial charge < -0.3 is 9.84 Å². The third-order valence-corrected chi connectivity index (χ3v) is 5.23. The number of fused-ring (bicyclic) bond motifs is 1. The van der Waals surface area contributed by atoms with E-state index in [0.717, 1.165) is 16.3 Å². The van der Waals surface area contributed by atoms with E-state index in [0.29, 0.717) is 16.6 Å². The van der Waals surface area contributed by atoms with Crippen LogP contribution in [-0.4, -0.2) is 29.1 Å². The number of ether oxygens (including phenoxy) is 1. The van der Waals surface area contributed by atoms with Gasteiger partial charge in [0.2, 0.25) is 0 Å². The summed E-state index contributed by atoms with van der Waals surface area (Å²) < 4.78 is 5.52. The molecule has 0 atom stereocenters. The number of hydrogen-bond donors (Lipinski definition) is 2. The van der Waals surface area contributed by atoms with Crippen LogP contribution in [0.3, 0.4) is 0 Å². The Labute approximate surface area is 170 Å². The van der Waals surface area contributed by atoms with Crippen molar-refractivity contribution in [1.82, 2.24) is 4.98 Å². The highest BCUT2D eigenvalue weighted by Gasteiger charge is 2.18. The number of methoxy groups -OCH3 is 1. The van der Waals surface area contributed by atoms with Crippen molar-refractivity contribution in [1.29, 1.82) is 0 Å². The normalized spacial score (nSPS) is 10.7. The van der Waals surface area contributed by atoms with Crippen molar-refractivity contribution >= 4 is 39.1 Å². The summed E-state index contributed by atoms with van der Waals surface area (Å²) in [5, 5.41) is 16.3. The average Bonchev–Trinajstić information content (AvgIpc) is 3.20. The molecule has 7 heteroatoms. The second-order valence-electron chi connectivity index (χ2n) is 6.24. The molecular weight excluding hydrogens is 388 g/mol. The van der Waals surface area contributed by atoms with Crippen LogP contribution >= 0.6 is 11.3 Å². The van der Waals surface area contributed by atoms with Gasteiger partial charge in [0.05, 0.1) is 23.9 Å². The van der Waals surface area contributed by atoms with Crippen LogP contribution in [0.2, 0.25) is 0 Å². The van der Waals surface area contributed by atoms with Gasteiger partial charge in [-0.1, -0.05) is 36.4 Å². The highest BCUT2D eigenvalue weighted by atomic mass is 32.1. The van der Waals surface area contributed by atoms with E-state index in [9.17, 15) is 14.7 Å². The third kappa shape index (κ3) is 3.68. The zero-order valence-electron chi connectivity index (χ0n) is 15.4. The molecule has 3 aromatic carbocycles. The first-order chi connectivity index (χ1) is 14.1. The van der Waals surface area contributed by atoms with Gasteiger partial charge in [-0.25, -0.2) is 9.78 Å². The molecule has 6 nitrogen and oxygen atoms in total. The Morgan fingerprint density at radius 3 is 2.34 bits per heavy atom. The zero-order chi connectivity index (χ0) is 20.4. The van der Waals surface area contributed by atoms with Crippen LogP contribution in [0, 0.1) is 0 Å². The minimum Gasteiger partial charge on any atom is -0.496 e.